The molecular weight excluding hydrogens is 294 g/mol. The Balaban J connectivity index is 1.89. The van der Waals surface area contributed by atoms with Crippen molar-refractivity contribution in [1.82, 2.24) is 4.31 Å². The van der Waals surface area contributed by atoms with Crippen molar-refractivity contribution in [3.05, 3.63) is 42.0 Å². The van der Waals surface area contributed by atoms with Gasteiger partial charge in [0.15, 0.2) is 0 Å². The second-order valence-corrected chi connectivity index (χ2v) is 8.42. The van der Waals surface area contributed by atoms with Crippen molar-refractivity contribution in [2.75, 3.05) is 6.54 Å². The summed E-state index contributed by atoms with van der Waals surface area (Å²) in [5, 5.41) is 0. The molecule has 1 fully saturated rings. The van der Waals surface area contributed by atoms with Crippen molar-refractivity contribution in [1.29, 1.82) is 0 Å². The van der Waals surface area contributed by atoms with Gasteiger partial charge in [-0.3, -0.25) is 0 Å². The zero-order valence-electron chi connectivity index (χ0n) is 13.2. The first-order chi connectivity index (χ1) is 10.6. The van der Waals surface area contributed by atoms with E-state index in [2.05, 4.69) is 12.2 Å². The topological polar surface area (TPSA) is 37.4 Å². The monoisotopic (exact) mass is 319 g/mol. The largest absolute Gasteiger partial charge is 0.243 e. The summed E-state index contributed by atoms with van der Waals surface area (Å²) in [7, 11) is -3.40. The van der Waals surface area contributed by atoms with E-state index in [1.54, 1.807) is 16.4 Å². The third kappa shape index (κ3) is 3.13. The first kappa shape index (κ1) is 15.8. The van der Waals surface area contributed by atoms with Crippen molar-refractivity contribution in [2.45, 2.75) is 56.4 Å². The molecule has 120 valence electrons. The Morgan fingerprint density at radius 1 is 1.05 bits per heavy atom. The molecule has 1 heterocycles. The van der Waals surface area contributed by atoms with E-state index in [4.69, 9.17) is 0 Å². The van der Waals surface area contributed by atoms with Gasteiger partial charge < -0.3 is 0 Å². The minimum absolute atomic E-state index is 0.0420. The van der Waals surface area contributed by atoms with Crippen molar-refractivity contribution in [3.8, 4) is 0 Å². The van der Waals surface area contributed by atoms with E-state index >= 15 is 0 Å². The molecule has 1 aromatic rings. The van der Waals surface area contributed by atoms with Gasteiger partial charge in [0.05, 0.1) is 4.90 Å². The molecule has 0 saturated heterocycles. The number of hydrogen-bond acceptors (Lipinski definition) is 2. The number of nitrogens with zero attached hydrogens (tertiary/aromatic N) is 1. The lowest BCUT2D eigenvalue weighted by Crippen LogP contribution is -2.46. The first-order valence-electron chi connectivity index (χ1n) is 8.34. The molecule has 0 radical (unpaired) electrons. The lowest BCUT2D eigenvalue weighted by molar-refractivity contribution is 0.221. The molecule has 4 heteroatoms. The highest BCUT2D eigenvalue weighted by molar-refractivity contribution is 7.89. The van der Waals surface area contributed by atoms with Crippen molar-refractivity contribution in [2.24, 2.45) is 5.92 Å². The van der Waals surface area contributed by atoms with Gasteiger partial charge in [0.1, 0.15) is 0 Å². The molecule has 1 saturated carbocycles. The summed E-state index contributed by atoms with van der Waals surface area (Å²) in [5.41, 5.74) is 1.08. The predicted molar refractivity (Wildman–Crippen MR) is 89.2 cm³/mol. The molecule has 1 aromatic carbocycles. The molecule has 0 bridgehead atoms. The lowest BCUT2D eigenvalue weighted by atomic mass is 9.83. The molecule has 0 N–H and O–H groups in total. The third-order valence-corrected chi connectivity index (χ3v) is 6.85. The lowest BCUT2D eigenvalue weighted by Gasteiger charge is -2.38. The van der Waals surface area contributed by atoms with Crippen LogP contribution in [-0.4, -0.2) is 25.3 Å². The molecule has 0 amide bonds. The number of aryl methyl sites for hydroxylation is 1. The SMILES string of the molecule is Cc1ccc(S(=O)(=O)N2CCC=C[C@H]2C2CCCCC2)cc1. The van der Waals surface area contributed by atoms with Gasteiger partial charge in [-0.25, -0.2) is 8.42 Å². The van der Waals surface area contributed by atoms with E-state index < -0.39 is 10.0 Å². The van der Waals surface area contributed by atoms with Crippen LogP contribution in [0.15, 0.2) is 41.3 Å². The van der Waals surface area contributed by atoms with Crippen LogP contribution in [0.1, 0.15) is 44.1 Å². The van der Waals surface area contributed by atoms with Gasteiger partial charge in [-0.2, -0.15) is 4.31 Å². The van der Waals surface area contributed by atoms with Crippen LogP contribution in [0, 0.1) is 12.8 Å². The Kier molecular flexibility index (Phi) is 4.69. The smallest absolute Gasteiger partial charge is 0.207 e. The van der Waals surface area contributed by atoms with Gasteiger partial charge in [0, 0.05) is 12.6 Å². The fourth-order valence-corrected chi connectivity index (χ4v) is 5.34. The quantitative estimate of drug-likeness (QED) is 0.793. The van der Waals surface area contributed by atoms with E-state index in [1.165, 1.54) is 19.3 Å². The van der Waals surface area contributed by atoms with Gasteiger partial charge in [-0.05, 0) is 44.2 Å². The van der Waals surface area contributed by atoms with Crippen molar-refractivity contribution < 1.29 is 8.42 Å². The van der Waals surface area contributed by atoms with Crippen LogP contribution in [0.3, 0.4) is 0 Å². The standard InChI is InChI=1S/C18H25NO2S/c1-15-10-12-17(13-11-15)22(20,21)19-14-6-5-9-18(19)16-7-3-2-4-8-16/h5,9-13,16,18H,2-4,6-8,14H2,1H3/t18-/m0/s1. The van der Waals surface area contributed by atoms with Crippen LogP contribution in [0.25, 0.3) is 0 Å². The van der Waals surface area contributed by atoms with Crippen LogP contribution in [0.2, 0.25) is 0 Å². The highest BCUT2D eigenvalue weighted by Crippen LogP contribution is 2.34. The van der Waals surface area contributed by atoms with Crippen molar-refractivity contribution in [3.63, 3.8) is 0 Å². The average Bonchev–Trinajstić information content (AvgIpc) is 2.56. The molecule has 3 nitrogen and oxygen atoms in total. The number of sulfonamides is 1. The number of hydrogen-bond donors (Lipinski definition) is 0. The Bertz CT molecular complexity index is 628. The highest BCUT2D eigenvalue weighted by atomic mass is 32.2. The van der Waals surface area contributed by atoms with E-state index in [0.717, 1.165) is 24.8 Å². The summed E-state index contributed by atoms with van der Waals surface area (Å²) < 4.78 is 27.8. The maximum absolute atomic E-state index is 13.0. The van der Waals surface area contributed by atoms with Gasteiger partial charge in [0.2, 0.25) is 10.0 Å². The van der Waals surface area contributed by atoms with Crippen LogP contribution >= 0.6 is 0 Å². The van der Waals surface area contributed by atoms with E-state index in [0.29, 0.717) is 17.4 Å². The molecule has 2 aliphatic rings. The summed E-state index contributed by atoms with van der Waals surface area (Å²) in [4.78, 5) is 0.425. The minimum atomic E-state index is -3.40. The van der Waals surface area contributed by atoms with E-state index in [-0.39, 0.29) is 6.04 Å². The zero-order valence-corrected chi connectivity index (χ0v) is 14.1. The van der Waals surface area contributed by atoms with Crippen LogP contribution in [0.4, 0.5) is 0 Å². The molecule has 0 spiro atoms. The Morgan fingerprint density at radius 2 is 1.73 bits per heavy atom. The molecule has 1 aliphatic carbocycles. The summed E-state index contributed by atoms with van der Waals surface area (Å²) in [6, 6.07) is 7.27. The molecule has 3 rings (SSSR count). The molecular formula is C18H25NO2S. The fourth-order valence-electron chi connectivity index (χ4n) is 3.68. The number of benzene rings is 1. The summed E-state index contributed by atoms with van der Waals surface area (Å²) in [5.74, 6) is 0.477. The molecule has 1 atom stereocenters. The maximum Gasteiger partial charge on any atom is 0.243 e. The zero-order chi connectivity index (χ0) is 15.6. The van der Waals surface area contributed by atoms with Gasteiger partial charge in [-0.15, -0.1) is 0 Å². The molecule has 1 aliphatic heterocycles. The summed E-state index contributed by atoms with van der Waals surface area (Å²) in [6.07, 6.45) is 11.1. The fraction of sp³-hybridized carbons (Fsp3) is 0.556. The normalized spacial score (nSPS) is 24.5. The third-order valence-electron chi connectivity index (χ3n) is 4.94. The molecule has 0 aromatic heterocycles. The predicted octanol–water partition coefficient (Wildman–Crippen LogP) is 3.89. The summed E-state index contributed by atoms with van der Waals surface area (Å²) >= 11 is 0. The molecule has 0 unspecified atom stereocenters. The number of rotatable bonds is 3. The highest BCUT2D eigenvalue weighted by Gasteiger charge is 2.36. The second kappa shape index (κ2) is 6.55. The summed E-state index contributed by atoms with van der Waals surface area (Å²) in [6.45, 7) is 2.58. The second-order valence-electron chi connectivity index (χ2n) is 6.53. The Hall–Kier alpha value is -1.13. The van der Waals surface area contributed by atoms with E-state index in [1.807, 2.05) is 19.1 Å². The molecule has 22 heavy (non-hydrogen) atoms. The van der Waals surface area contributed by atoms with Crippen LogP contribution in [0.5, 0.6) is 0 Å². The van der Waals surface area contributed by atoms with Crippen LogP contribution in [-0.2, 0) is 10.0 Å². The van der Waals surface area contributed by atoms with Crippen molar-refractivity contribution >= 4 is 10.0 Å². The minimum Gasteiger partial charge on any atom is -0.207 e. The van der Waals surface area contributed by atoms with E-state index in [9.17, 15) is 8.42 Å². The Morgan fingerprint density at radius 3 is 2.41 bits per heavy atom. The van der Waals surface area contributed by atoms with Gasteiger partial charge in [-0.1, -0.05) is 49.1 Å². The van der Waals surface area contributed by atoms with Crippen LogP contribution < -0.4 is 0 Å². The Labute approximate surface area is 134 Å². The first-order valence-corrected chi connectivity index (χ1v) is 9.78. The maximum atomic E-state index is 13.0. The average molecular weight is 319 g/mol. The van der Waals surface area contributed by atoms with Gasteiger partial charge in [0.25, 0.3) is 0 Å². The van der Waals surface area contributed by atoms with Gasteiger partial charge >= 0.3 is 0 Å².